The van der Waals surface area contributed by atoms with Crippen molar-refractivity contribution in [2.24, 2.45) is 5.92 Å². The van der Waals surface area contributed by atoms with Crippen molar-refractivity contribution in [3.8, 4) is 0 Å². The Morgan fingerprint density at radius 2 is 1.91 bits per heavy atom. The second-order valence-corrected chi connectivity index (χ2v) is 9.47. The normalized spacial score (nSPS) is 20.4. The third-order valence-electron chi connectivity index (χ3n) is 6.51. The van der Waals surface area contributed by atoms with E-state index in [-0.39, 0.29) is 10.6 Å². The molecule has 8 heteroatoms. The molecular formula is C24H31ClFN5O. The van der Waals surface area contributed by atoms with Gasteiger partial charge in [-0.3, -0.25) is 4.79 Å². The van der Waals surface area contributed by atoms with Gasteiger partial charge in [0.2, 0.25) is 5.95 Å². The number of carbonyl (C=O) groups is 1. The molecule has 1 heterocycles. The molecule has 0 atom stereocenters. The number of anilines is 2. The quantitative estimate of drug-likeness (QED) is 0.659. The van der Waals surface area contributed by atoms with Gasteiger partial charge < -0.3 is 15.5 Å². The first kappa shape index (κ1) is 22.8. The highest BCUT2D eigenvalue weighted by atomic mass is 35.5. The monoisotopic (exact) mass is 459 g/mol. The fourth-order valence-corrected chi connectivity index (χ4v) is 4.99. The summed E-state index contributed by atoms with van der Waals surface area (Å²) in [6.07, 6.45) is 8.39. The Labute approximate surface area is 194 Å². The van der Waals surface area contributed by atoms with Crippen LogP contribution < -0.4 is 15.5 Å². The van der Waals surface area contributed by atoms with Gasteiger partial charge in [-0.25, -0.2) is 9.37 Å². The Balaban J connectivity index is 1.31. The molecule has 1 fully saturated rings. The predicted molar refractivity (Wildman–Crippen MR) is 126 cm³/mol. The maximum Gasteiger partial charge on any atom is 0.255 e. The van der Waals surface area contributed by atoms with Crippen molar-refractivity contribution < 1.29 is 9.18 Å². The third-order valence-corrected chi connectivity index (χ3v) is 6.82. The minimum atomic E-state index is -0.593. The fourth-order valence-electron chi connectivity index (χ4n) is 4.74. The van der Waals surface area contributed by atoms with E-state index >= 15 is 0 Å². The largest absolute Gasteiger partial charge is 0.362 e. The number of carbonyl (C=O) groups excluding carboxylic acids is 1. The van der Waals surface area contributed by atoms with Crippen LogP contribution in [0.25, 0.3) is 0 Å². The van der Waals surface area contributed by atoms with Crippen molar-refractivity contribution in [2.75, 3.05) is 30.9 Å². The first-order valence-electron chi connectivity index (χ1n) is 11.5. The van der Waals surface area contributed by atoms with E-state index in [0.29, 0.717) is 18.5 Å². The lowest BCUT2D eigenvalue weighted by Crippen LogP contribution is -2.34. The Kier molecular flexibility index (Phi) is 7.13. The molecule has 0 bridgehead atoms. The summed E-state index contributed by atoms with van der Waals surface area (Å²) in [5, 5.41) is 6.54. The molecule has 1 amide bonds. The molecule has 1 saturated carbocycles. The van der Waals surface area contributed by atoms with Crippen LogP contribution >= 0.6 is 11.6 Å². The Hall–Kier alpha value is -2.41. The molecule has 0 aliphatic heterocycles. The van der Waals surface area contributed by atoms with E-state index in [9.17, 15) is 9.18 Å². The van der Waals surface area contributed by atoms with Gasteiger partial charge in [0, 0.05) is 32.2 Å². The number of aromatic nitrogens is 2. The third kappa shape index (κ3) is 5.14. The van der Waals surface area contributed by atoms with Crippen LogP contribution in [0.15, 0.2) is 18.2 Å². The van der Waals surface area contributed by atoms with Gasteiger partial charge in [0.1, 0.15) is 11.6 Å². The number of hydrogen-bond acceptors (Lipinski definition) is 5. The highest BCUT2D eigenvalue weighted by Crippen LogP contribution is 2.30. The van der Waals surface area contributed by atoms with Crippen molar-refractivity contribution in [3.63, 3.8) is 0 Å². The van der Waals surface area contributed by atoms with Crippen LogP contribution in [-0.4, -0.2) is 42.6 Å². The molecule has 0 radical (unpaired) electrons. The molecule has 4 rings (SSSR count). The number of halogens is 2. The molecule has 1 aromatic heterocycles. The molecule has 2 N–H and O–H groups in total. The summed E-state index contributed by atoms with van der Waals surface area (Å²) in [4.78, 5) is 24.1. The van der Waals surface area contributed by atoms with Crippen LogP contribution in [0, 0.1) is 11.7 Å². The minimum Gasteiger partial charge on any atom is -0.362 e. The van der Waals surface area contributed by atoms with E-state index in [1.54, 1.807) is 0 Å². The Bertz CT molecular complexity index is 955. The lowest BCUT2D eigenvalue weighted by molar-refractivity contribution is 0.0939. The molecule has 2 aromatic rings. The van der Waals surface area contributed by atoms with Crippen molar-refractivity contribution in [2.45, 2.75) is 57.4 Å². The maximum atomic E-state index is 13.9. The van der Waals surface area contributed by atoms with Crippen molar-refractivity contribution in [1.29, 1.82) is 0 Å². The molecule has 0 saturated heterocycles. The standard InChI is InChI=1S/C24H31ClFN5O/c1-31(2)22-17-6-3-4-9-20(17)29-24(30-22)28-16-12-10-15(11-13-16)14-27-23(32)21-18(25)7-5-8-19(21)26/h5,7-8,15-16H,3-4,6,9-14H2,1-2H3,(H,27,32)(H,28,29,30). The Morgan fingerprint density at radius 1 is 1.16 bits per heavy atom. The van der Waals surface area contributed by atoms with Crippen LogP contribution in [0.2, 0.25) is 5.02 Å². The SMILES string of the molecule is CN(C)c1nc(NC2CCC(CNC(=O)c3c(F)cccc3Cl)CC2)nc2c1CCCC2. The fraction of sp³-hybridized carbons (Fsp3) is 0.542. The van der Waals surface area contributed by atoms with E-state index in [1.807, 2.05) is 14.1 Å². The van der Waals surface area contributed by atoms with E-state index in [1.165, 1.54) is 42.3 Å². The van der Waals surface area contributed by atoms with Gasteiger partial charge in [0.15, 0.2) is 0 Å². The summed E-state index contributed by atoms with van der Waals surface area (Å²) < 4.78 is 13.9. The summed E-state index contributed by atoms with van der Waals surface area (Å²) in [6, 6.07) is 4.60. The number of benzene rings is 1. The van der Waals surface area contributed by atoms with Gasteiger partial charge >= 0.3 is 0 Å². The van der Waals surface area contributed by atoms with Crippen molar-refractivity contribution in [1.82, 2.24) is 15.3 Å². The molecule has 0 unspecified atom stereocenters. The smallest absolute Gasteiger partial charge is 0.255 e. The first-order chi connectivity index (χ1) is 15.4. The highest BCUT2D eigenvalue weighted by molar-refractivity contribution is 6.33. The van der Waals surface area contributed by atoms with Crippen LogP contribution in [0.3, 0.4) is 0 Å². The van der Waals surface area contributed by atoms with Crippen LogP contribution in [0.1, 0.15) is 60.1 Å². The number of nitrogens with zero attached hydrogens (tertiary/aromatic N) is 3. The lowest BCUT2D eigenvalue weighted by atomic mass is 9.86. The van der Waals surface area contributed by atoms with Crippen molar-refractivity contribution in [3.05, 3.63) is 45.9 Å². The molecule has 6 nitrogen and oxygen atoms in total. The molecule has 1 aromatic carbocycles. The molecule has 2 aliphatic carbocycles. The summed E-state index contributed by atoms with van der Waals surface area (Å²) in [5.41, 5.74) is 2.40. The molecule has 2 aliphatic rings. The Morgan fingerprint density at radius 3 is 2.62 bits per heavy atom. The first-order valence-corrected chi connectivity index (χ1v) is 11.9. The summed E-state index contributed by atoms with van der Waals surface area (Å²) in [6.45, 7) is 0.524. The number of rotatable bonds is 6. The van der Waals surface area contributed by atoms with E-state index in [4.69, 9.17) is 21.6 Å². The number of fused-ring (bicyclic) bond motifs is 1. The number of hydrogen-bond donors (Lipinski definition) is 2. The molecule has 172 valence electrons. The van der Waals surface area contributed by atoms with Gasteiger partial charge in [-0.05, 0) is 69.4 Å². The number of nitrogens with one attached hydrogen (secondary N) is 2. The van der Waals surface area contributed by atoms with Gasteiger partial charge in [0.05, 0.1) is 16.3 Å². The van der Waals surface area contributed by atoms with Crippen LogP contribution in [0.4, 0.5) is 16.2 Å². The van der Waals surface area contributed by atoms with E-state index in [0.717, 1.165) is 50.3 Å². The number of aryl methyl sites for hydroxylation is 1. The van der Waals surface area contributed by atoms with Gasteiger partial charge in [-0.2, -0.15) is 4.98 Å². The second-order valence-electron chi connectivity index (χ2n) is 9.07. The average Bonchev–Trinajstić information content (AvgIpc) is 2.78. The average molecular weight is 460 g/mol. The molecule has 0 spiro atoms. The predicted octanol–water partition coefficient (Wildman–Crippen LogP) is 4.61. The molecule has 32 heavy (non-hydrogen) atoms. The number of amides is 1. The summed E-state index contributed by atoms with van der Waals surface area (Å²) in [7, 11) is 4.07. The van der Waals surface area contributed by atoms with Gasteiger partial charge in [0.25, 0.3) is 5.91 Å². The zero-order chi connectivity index (χ0) is 22.7. The maximum absolute atomic E-state index is 13.9. The zero-order valence-corrected chi connectivity index (χ0v) is 19.5. The second kappa shape index (κ2) is 10.0. The van der Waals surface area contributed by atoms with Crippen molar-refractivity contribution >= 4 is 29.3 Å². The summed E-state index contributed by atoms with van der Waals surface area (Å²) >= 11 is 5.99. The summed E-state index contributed by atoms with van der Waals surface area (Å²) in [5.74, 6) is 1.07. The van der Waals surface area contributed by atoms with E-state index in [2.05, 4.69) is 15.5 Å². The van der Waals surface area contributed by atoms with Gasteiger partial charge in [-0.15, -0.1) is 0 Å². The lowest BCUT2D eigenvalue weighted by Gasteiger charge is -2.30. The van der Waals surface area contributed by atoms with Gasteiger partial charge in [-0.1, -0.05) is 17.7 Å². The molecular weight excluding hydrogens is 429 g/mol. The van der Waals surface area contributed by atoms with Crippen LogP contribution in [0.5, 0.6) is 0 Å². The zero-order valence-electron chi connectivity index (χ0n) is 18.8. The highest BCUT2D eigenvalue weighted by Gasteiger charge is 2.25. The minimum absolute atomic E-state index is 0.0780. The van der Waals surface area contributed by atoms with Crippen LogP contribution in [-0.2, 0) is 12.8 Å². The topological polar surface area (TPSA) is 70.2 Å². The van der Waals surface area contributed by atoms with E-state index < -0.39 is 11.7 Å².